The van der Waals surface area contributed by atoms with Gasteiger partial charge in [-0.25, -0.2) is 0 Å². The molecule has 5 heteroatoms. The van der Waals surface area contributed by atoms with Gasteiger partial charge < -0.3 is 19.4 Å². The minimum Gasteiger partial charge on any atom is -0.497 e. The molecule has 0 atom stereocenters. The highest BCUT2D eigenvalue weighted by atomic mass is 16.5. The van der Waals surface area contributed by atoms with Gasteiger partial charge >= 0.3 is 0 Å². The maximum absolute atomic E-state index is 12.8. The zero-order chi connectivity index (χ0) is 17.1. The summed E-state index contributed by atoms with van der Waals surface area (Å²) in [4.78, 5) is 17.6. The van der Waals surface area contributed by atoms with Gasteiger partial charge in [0.1, 0.15) is 11.5 Å². The molecular formula is C19H20N2O3. The van der Waals surface area contributed by atoms with Gasteiger partial charge in [0.25, 0.3) is 5.91 Å². The van der Waals surface area contributed by atoms with Crippen LogP contribution in [0, 0.1) is 0 Å². The number of carbonyl (C=O) groups is 1. The molecule has 0 saturated carbocycles. The number of aromatic amines is 1. The lowest BCUT2D eigenvalue weighted by Crippen LogP contribution is -2.26. The van der Waals surface area contributed by atoms with Crippen LogP contribution in [0.4, 0.5) is 0 Å². The summed E-state index contributed by atoms with van der Waals surface area (Å²) in [6.07, 6.45) is 1.76. The van der Waals surface area contributed by atoms with Crippen LogP contribution in [-0.2, 0) is 6.54 Å². The molecule has 3 aromatic rings. The number of rotatable bonds is 5. The van der Waals surface area contributed by atoms with E-state index in [0.29, 0.717) is 17.9 Å². The van der Waals surface area contributed by atoms with Gasteiger partial charge in [0.15, 0.2) is 0 Å². The number of benzene rings is 2. The molecule has 1 amide bonds. The number of methoxy groups -OCH3 is 2. The third-order valence-corrected chi connectivity index (χ3v) is 4.07. The lowest BCUT2D eigenvalue weighted by Gasteiger charge is -2.19. The van der Waals surface area contributed by atoms with Crippen molar-refractivity contribution in [1.29, 1.82) is 0 Å². The Morgan fingerprint density at radius 1 is 1.12 bits per heavy atom. The van der Waals surface area contributed by atoms with Crippen molar-refractivity contribution in [2.75, 3.05) is 21.3 Å². The first kappa shape index (κ1) is 15.9. The van der Waals surface area contributed by atoms with E-state index in [4.69, 9.17) is 9.47 Å². The van der Waals surface area contributed by atoms with Crippen LogP contribution in [0.1, 0.15) is 15.9 Å². The van der Waals surface area contributed by atoms with E-state index in [-0.39, 0.29) is 5.91 Å². The van der Waals surface area contributed by atoms with Gasteiger partial charge in [-0.15, -0.1) is 0 Å². The summed E-state index contributed by atoms with van der Waals surface area (Å²) in [5.74, 6) is 1.39. The zero-order valence-corrected chi connectivity index (χ0v) is 14.0. The minimum atomic E-state index is -0.0367. The summed E-state index contributed by atoms with van der Waals surface area (Å²) < 4.78 is 10.6. The Kier molecular flexibility index (Phi) is 4.42. The van der Waals surface area contributed by atoms with E-state index in [1.165, 1.54) is 0 Å². The Balaban J connectivity index is 1.84. The molecule has 1 heterocycles. The number of fused-ring (bicyclic) bond motifs is 1. The predicted molar refractivity (Wildman–Crippen MR) is 93.6 cm³/mol. The molecular weight excluding hydrogens is 304 g/mol. The first-order valence-electron chi connectivity index (χ1n) is 7.66. The van der Waals surface area contributed by atoms with Crippen LogP contribution in [0.5, 0.6) is 11.5 Å². The number of hydrogen-bond donors (Lipinski definition) is 1. The highest BCUT2D eigenvalue weighted by Gasteiger charge is 2.17. The van der Waals surface area contributed by atoms with Gasteiger partial charge in [-0.2, -0.15) is 0 Å². The van der Waals surface area contributed by atoms with Crippen molar-refractivity contribution in [3.8, 4) is 11.5 Å². The average molecular weight is 324 g/mol. The summed E-state index contributed by atoms with van der Waals surface area (Å²) in [6.45, 7) is 0.450. The Morgan fingerprint density at radius 2 is 1.92 bits per heavy atom. The number of aromatic nitrogens is 1. The maximum Gasteiger partial charge on any atom is 0.256 e. The summed E-state index contributed by atoms with van der Waals surface area (Å²) in [5.41, 5.74) is 2.55. The Morgan fingerprint density at radius 3 is 2.67 bits per heavy atom. The second-order valence-electron chi connectivity index (χ2n) is 5.59. The molecule has 0 aliphatic rings. The molecule has 0 saturated heterocycles. The summed E-state index contributed by atoms with van der Waals surface area (Å²) in [6, 6.07) is 13.4. The quantitative estimate of drug-likeness (QED) is 0.782. The molecule has 3 rings (SSSR count). The molecule has 2 aromatic carbocycles. The van der Waals surface area contributed by atoms with Crippen LogP contribution in [0.2, 0.25) is 0 Å². The van der Waals surface area contributed by atoms with E-state index in [9.17, 15) is 4.79 Å². The third kappa shape index (κ3) is 2.93. The molecule has 0 spiro atoms. The largest absolute Gasteiger partial charge is 0.497 e. The van der Waals surface area contributed by atoms with Crippen LogP contribution in [-0.4, -0.2) is 37.1 Å². The van der Waals surface area contributed by atoms with Gasteiger partial charge in [0.05, 0.1) is 19.8 Å². The van der Waals surface area contributed by atoms with Crippen LogP contribution in [0.15, 0.2) is 48.7 Å². The molecule has 0 aliphatic heterocycles. The molecule has 24 heavy (non-hydrogen) atoms. The lowest BCUT2D eigenvalue weighted by atomic mass is 10.1. The van der Waals surface area contributed by atoms with Crippen molar-refractivity contribution in [2.45, 2.75) is 6.54 Å². The van der Waals surface area contributed by atoms with Crippen LogP contribution in [0.25, 0.3) is 10.9 Å². The monoisotopic (exact) mass is 324 g/mol. The average Bonchev–Trinajstić information content (AvgIpc) is 3.05. The number of nitrogens with one attached hydrogen (secondary N) is 1. The summed E-state index contributed by atoms with van der Waals surface area (Å²) in [5, 5.41) is 0.927. The fourth-order valence-electron chi connectivity index (χ4n) is 2.76. The highest BCUT2D eigenvalue weighted by Crippen LogP contribution is 2.26. The Labute approximate surface area is 140 Å². The minimum absolute atomic E-state index is 0.0367. The Hall–Kier alpha value is -2.95. The first-order chi connectivity index (χ1) is 11.6. The van der Waals surface area contributed by atoms with E-state index in [2.05, 4.69) is 4.98 Å². The smallest absolute Gasteiger partial charge is 0.256 e. The van der Waals surface area contributed by atoms with Crippen molar-refractivity contribution in [1.82, 2.24) is 9.88 Å². The third-order valence-electron chi connectivity index (χ3n) is 4.07. The predicted octanol–water partition coefficient (Wildman–Crippen LogP) is 3.46. The van der Waals surface area contributed by atoms with Crippen molar-refractivity contribution >= 4 is 16.8 Å². The van der Waals surface area contributed by atoms with E-state index >= 15 is 0 Å². The van der Waals surface area contributed by atoms with E-state index in [0.717, 1.165) is 22.2 Å². The maximum atomic E-state index is 12.8. The van der Waals surface area contributed by atoms with E-state index in [1.807, 2.05) is 42.5 Å². The lowest BCUT2D eigenvalue weighted by molar-refractivity contribution is 0.0786. The van der Waals surface area contributed by atoms with E-state index in [1.54, 1.807) is 32.4 Å². The number of hydrogen-bond acceptors (Lipinski definition) is 3. The van der Waals surface area contributed by atoms with Gasteiger partial charge in [0.2, 0.25) is 0 Å². The summed E-state index contributed by atoms with van der Waals surface area (Å²) in [7, 11) is 5.01. The van der Waals surface area contributed by atoms with Crippen molar-refractivity contribution in [2.24, 2.45) is 0 Å². The van der Waals surface area contributed by atoms with Crippen LogP contribution >= 0.6 is 0 Å². The fourth-order valence-corrected chi connectivity index (χ4v) is 2.76. The van der Waals surface area contributed by atoms with Crippen molar-refractivity contribution in [3.05, 3.63) is 59.8 Å². The number of amides is 1. The van der Waals surface area contributed by atoms with Gasteiger partial charge in [-0.1, -0.05) is 18.2 Å². The zero-order valence-electron chi connectivity index (χ0n) is 14.0. The van der Waals surface area contributed by atoms with Crippen molar-refractivity contribution < 1.29 is 14.3 Å². The number of para-hydroxylation sites is 1. The SMILES string of the molecule is COc1ccc(CN(C)C(=O)c2c[nH]c3ccccc23)c(OC)c1. The number of H-pyrrole nitrogens is 1. The number of nitrogens with zero attached hydrogens (tertiary/aromatic N) is 1. The molecule has 1 N–H and O–H groups in total. The van der Waals surface area contributed by atoms with Crippen molar-refractivity contribution in [3.63, 3.8) is 0 Å². The molecule has 5 nitrogen and oxygen atoms in total. The number of ether oxygens (including phenoxy) is 2. The normalized spacial score (nSPS) is 10.6. The highest BCUT2D eigenvalue weighted by molar-refractivity contribution is 6.06. The molecule has 124 valence electrons. The summed E-state index contributed by atoms with van der Waals surface area (Å²) >= 11 is 0. The van der Waals surface area contributed by atoms with Crippen LogP contribution < -0.4 is 9.47 Å². The van der Waals surface area contributed by atoms with E-state index < -0.39 is 0 Å². The standard InChI is InChI=1S/C19H20N2O3/c1-21(12-13-8-9-14(23-2)10-18(13)24-3)19(22)16-11-20-17-7-5-4-6-15(16)17/h4-11,20H,12H2,1-3H3. The number of carbonyl (C=O) groups excluding carboxylic acids is 1. The fraction of sp³-hybridized carbons (Fsp3) is 0.211. The molecule has 0 radical (unpaired) electrons. The van der Waals surface area contributed by atoms with Gasteiger partial charge in [-0.05, 0) is 18.2 Å². The molecule has 0 unspecified atom stereocenters. The molecule has 0 fully saturated rings. The van der Waals surface area contributed by atoms with Gasteiger partial charge in [0, 0.05) is 42.3 Å². The van der Waals surface area contributed by atoms with Gasteiger partial charge in [-0.3, -0.25) is 4.79 Å². The molecule has 1 aromatic heterocycles. The Bertz CT molecular complexity index is 870. The second-order valence-corrected chi connectivity index (χ2v) is 5.59. The van der Waals surface area contributed by atoms with Crippen LogP contribution in [0.3, 0.4) is 0 Å². The topological polar surface area (TPSA) is 54.6 Å². The molecule has 0 aliphatic carbocycles. The molecule has 0 bridgehead atoms. The first-order valence-corrected chi connectivity index (χ1v) is 7.66. The second kappa shape index (κ2) is 6.66.